The van der Waals surface area contributed by atoms with E-state index in [1.807, 2.05) is 0 Å². The summed E-state index contributed by atoms with van der Waals surface area (Å²) in [5.74, 6) is 0. The lowest BCUT2D eigenvalue weighted by molar-refractivity contribution is 0.361. The SMILES string of the molecule is CN(I)CC1(N(C)I)CC1. The van der Waals surface area contributed by atoms with Crippen LogP contribution >= 0.6 is 45.7 Å². The molecule has 0 bridgehead atoms. The molecule has 1 fully saturated rings. The van der Waals surface area contributed by atoms with Crippen LogP contribution in [0.5, 0.6) is 0 Å². The van der Waals surface area contributed by atoms with E-state index in [0.29, 0.717) is 5.54 Å². The third-order valence-corrected chi connectivity index (χ3v) is 3.36. The summed E-state index contributed by atoms with van der Waals surface area (Å²) in [7, 11) is 4.29. The van der Waals surface area contributed by atoms with Crippen molar-refractivity contribution in [3.63, 3.8) is 0 Å². The summed E-state index contributed by atoms with van der Waals surface area (Å²) in [6.07, 6.45) is 2.72. The molecular formula is C6H12I2N2. The Bertz CT molecular complexity index is 121. The predicted molar refractivity (Wildman–Crippen MR) is 60.4 cm³/mol. The Hall–Kier alpha value is 1.38. The molecule has 0 atom stereocenters. The highest BCUT2D eigenvalue weighted by Crippen LogP contribution is 2.43. The fraction of sp³-hybridized carbons (Fsp3) is 1.00. The van der Waals surface area contributed by atoms with Crippen LogP contribution < -0.4 is 0 Å². The second kappa shape index (κ2) is 3.40. The Morgan fingerprint density at radius 3 is 1.90 bits per heavy atom. The molecule has 0 spiro atoms. The molecule has 0 N–H and O–H groups in total. The first-order chi connectivity index (χ1) is 4.57. The molecule has 0 aromatic heterocycles. The third-order valence-electron chi connectivity index (χ3n) is 1.99. The van der Waals surface area contributed by atoms with Crippen molar-refractivity contribution in [2.45, 2.75) is 18.4 Å². The van der Waals surface area contributed by atoms with Crippen LogP contribution in [0, 0.1) is 0 Å². The maximum Gasteiger partial charge on any atom is 0.0438 e. The molecule has 0 aromatic carbocycles. The minimum atomic E-state index is 0.510. The van der Waals surface area contributed by atoms with Crippen LogP contribution in [0.15, 0.2) is 0 Å². The zero-order valence-corrected chi connectivity index (χ0v) is 10.6. The summed E-state index contributed by atoms with van der Waals surface area (Å²) in [5, 5.41) is 0. The van der Waals surface area contributed by atoms with Crippen molar-refractivity contribution >= 4 is 45.7 Å². The van der Waals surface area contributed by atoms with Crippen LogP contribution in [0.3, 0.4) is 0 Å². The summed E-state index contributed by atoms with van der Waals surface area (Å²) in [6, 6.07) is 0. The summed E-state index contributed by atoms with van der Waals surface area (Å²) in [6.45, 7) is 1.19. The van der Waals surface area contributed by atoms with Crippen LogP contribution in [0.1, 0.15) is 12.8 Å². The Morgan fingerprint density at radius 2 is 1.80 bits per heavy atom. The molecule has 10 heavy (non-hydrogen) atoms. The van der Waals surface area contributed by atoms with Gasteiger partial charge in [-0.2, -0.15) is 0 Å². The lowest BCUT2D eigenvalue weighted by Crippen LogP contribution is -2.34. The van der Waals surface area contributed by atoms with E-state index in [1.165, 1.54) is 19.4 Å². The highest BCUT2D eigenvalue weighted by molar-refractivity contribution is 14.1. The number of hydrogen-bond donors (Lipinski definition) is 0. The average molecular weight is 366 g/mol. The van der Waals surface area contributed by atoms with Gasteiger partial charge in [-0.05, 0) is 26.9 Å². The fourth-order valence-corrected chi connectivity index (χ4v) is 2.38. The summed E-state index contributed by atoms with van der Waals surface area (Å²) >= 11 is 4.73. The van der Waals surface area contributed by atoms with E-state index < -0.39 is 0 Å². The molecule has 1 rings (SSSR count). The molecule has 1 aliphatic carbocycles. The Kier molecular flexibility index (Phi) is 3.22. The Morgan fingerprint density at radius 1 is 1.30 bits per heavy atom. The molecule has 2 nitrogen and oxygen atoms in total. The van der Waals surface area contributed by atoms with Crippen LogP contribution in [-0.2, 0) is 0 Å². The van der Waals surface area contributed by atoms with Gasteiger partial charge in [-0.1, -0.05) is 0 Å². The minimum Gasteiger partial charge on any atom is -0.249 e. The summed E-state index contributed by atoms with van der Waals surface area (Å²) in [4.78, 5) is 0. The maximum atomic E-state index is 2.38. The van der Waals surface area contributed by atoms with E-state index in [1.54, 1.807) is 0 Å². The van der Waals surface area contributed by atoms with Gasteiger partial charge in [-0.15, -0.1) is 0 Å². The van der Waals surface area contributed by atoms with E-state index in [4.69, 9.17) is 0 Å². The Labute approximate surface area is 90.3 Å². The maximum absolute atomic E-state index is 2.38. The third kappa shape index (κ3) is 2.18. The first kappa shape index (κ1) is 9.47. The average Bonchev–Trinajstić information content (AvgIpc) is 2.46. The normalized spacial score (nSPS) is 22.2. The van der Waals surface area contributed by atoms with Gasteiger partial charge in [0, 0.05) is 57.8 Å². The van der Waals surface area contributed by atoms with Crippen LogP contribution in [0.2, 0.25) is 0 Å². The van der Waals surface area contributed by atoms with Crippen molar-refractivity contribution in [3.8, 4) is 0 Å². The number of nitrogens with zero attached hydrogens (tertiary/aromatic N) is 2. The quantitative estimate of drug-likeness (QED) is 0.558. The van der Waals surface area contributed by atoms with Crippen molar-refractivity contribution in [1.82, 2.24) is 6.23 Å². The molecule has 0 aromatic rings. The van der Waals surface area contributed by atoms with Gasteiger partial charge in [-0.3, -0.25) is 0 Å². The number of likely N-dealkylation sites (N-methyl/N-ethyl adjacent to an activating group) is 2. The standard InChI is InChI=1S/C6H12I2N2/c1-9(7)5-6(3-4-6)10(2)8/h3-5H2,1-2H3. The molecule has 0 unspecified atom stereocenters. The smallest absolute Gasteiger partial charge is 0.0438 e. The number of halogens is 2. The van der Waals surface area contributed by atoms with Crippen LogP contribution in [0.25, 0.3) is 0 Å². The van der Waals surface area contributed by atoms with Gasteiger partial charge in [0.1, 0.15) is 0 Å². The van der Waals surface area contributed by atoms with E-state index in [2.05, 4.69) is 66.1 Å². The second-order valence-corrected chi connectivity index (χ2v) is 6.06. The van der Waals surface area contributed by atoms with Crippen molar-refractivity contribution in [1.29, 1.82) is 0 Å². The molecular weight excluding hydrogens is 354 g/mol. The predicted octanol–water partition coefficient (Wildman–Crippen LogP) is 2.08. The molecule has 1 saturated carbocycles. The topological polar surface area (TPSA) is 6.48 Å². The molecule has 1 aliphatic rings. The zero-order chi connectivity index (χ0) is 7.78. The van der Waals surface area contributed by atoms with Crippen molar-refractivity contribution in [2.75, 3.05) is 20.6 Å². The molecule has 0 saturated heterocycles. The number of hydrogen-bond acceptors (Lipinski definition) is 2. The van der Waals surface area contributed by atoms with Gasteiger partial charge in [0.15, 0.2) is 0 Å². The van der Waals surface area contributed by atoms with Gasteiger partial charge in [0.05, 0.1) is 0 Å². The minimum absolute atomic E-state index is 0.510. The van der Waals surface area contributed by atoms with Gasteiger partial charge in [0.25, 0.3) is 0 Å². The molecule has 4 heteroatoms. The van der Waals surface area contributed by atoms with E-state index in [-0.39, 0.29) is 0 Å². The lowest BCUT2D eigenvalue weighted by Gasteiger charge is -2.23. The van der Waals surface area contributed by atoms with Crippen LogP contribution in [0.4, 0.5) is 0 Å². The highest BCUT2D eigenvalue weighted by atomic mass is 127. The summed E-state index contributed by atoms with van der Waals surface area (Å²) in [5.41, 5.74) is 0.510. The van der Waals surface area contributed by atoms with E-state index >= 15 is 0 Å². The van der Waals surface area contributed by atoms with Crippen LogP contribution in [-0.4, -0.2) is 32.4 Å². The zero-order valence-electron chi connectivity index (χ0n) is 6.27. The van der Waals surface area contributed by atoms with Gasteiger partial charge in [-0.25, -0.2) is 6.23 Å². The van der Waals surface area contributed by atoms with Gasteiger partial charge >= 0.3 is 0 Å². The molecule has 0 radical (unpaired) electrons. The van der Waals surface area contributed by atoms with Crippen molar-refractivity contribution < 1.29 is 0 Å². The summed E-state index contributed by atoms with van der Waals surface area (Å²) < 4.78 is 4.56. The molecule has 0 aliphatic heterocycles. The van der Waals surface area contributed by atoms with E-state index in [0.717, 1.165) is 0 Å². The van der Waals surface area contributed by atoms with Gasteiger partial charge < -0.3 is 0 Å². The van der Waals surface area contributed by atoms with Gasteiger partial charge in [0.2, 0.25) is 0 Å². The number of rotatable bonds is 3. The molecule has 0 heterocycles. The fourth-order valence-electron chi connectivity index (χ4n) is 1.11. The first-order valence-corrected chi connectivity index (χ1v) is 5.26. The molecule has 60 valence electrons. The highest BCUT2D eigenvalue weighted by Gasteiger charge is 2.46. The van der Waals surface area contributed by atoms with Crippen molar-refractivity contribution in [2.24, 2.45) is 0 Å². The van der Waals surface area contributed by atoms with Crippen molar-refractivity contribution in [3.05, 3.63) is 0 Å². The lowest BCUT2D eigenvalue weighted by atomic mass is 10.3. The van der Waals surface area contributed by atoms with E-state index in [9.17, 15) is 0 Å². The molecule has 0 amide bonds. The largest absolute Gasteiger partial charge is 0.249 e. The second-order valence-electron chi connectivity index (χ2n) is 2.96. The Balaban J connectivity index is 2.38. The monoisotopic (exact) mass is 366 g/mol. The first-order valence-electron chi connectivity index (χ1n) is 3.33.